The van der Waals surface area contributed by atoms with Gasteiger partial charge in [-0.15, -0.1) is 0 Å². The molecule has 3 aromatic rings. The lowest BCUT2D eigenvalue weighted by Crippen LogP contribution is -2.44. The average molecular weight is 407 g/mol. The number of carbonyl (C=O) groups excluding carboxylic acids is 1. The minimum atomic E-state index is -1.84. The van der Waals surface area contributed by atoms with E-state index in [1.165, 1.54) is 0 Å². The number of phenolic OH excluding ortho intramolecular Hbond substituents is 1. The molecule has 8 heteroatoms. The number of pyridine rings is 2. The third-order valence-electron chi connectivity index (χ3n) is 6.09. The Balaban J connectivity index is 1.79. The van der Waals surface area contributed by atoms with Gasteiger partial charge in [-0.2, -0.15) is 0 Å². The Bertz CT molecular complexity index is 1310. The van der Waals surface area contributed by atoms with E-state index in [4.69, 9.17) is 9.72 Å². The Hall–Kier alpha value is -3.39. The molecule has 5 rings (SSSR count). The zero-order valence-corrected chi connectivity index (χ0v) is 16.9. The van der Waals surface area contributed by atoms with Crippen molar-refractivity contribution in [3.63, 3.8) is 0 Å². The van der Waals surface area contributed by atoms with Crippen molar-refractivity contribution in [1.29, 1.82) is 0 Å². The standard InChI is InChI=1S/C22H21N3O5/c1-4-22(29)14-8-16-18-11(9-25(16)20(27)13(14)10-30-21(22)28)7-12-15(23-18)5-6-17(26)19(12)24(2)3/h5-8,26,29H,4,9-10H2,1-3H3. The molecule has 2 N–H and O–H groups in total. The molecule has 1 unspecified atom stereocenters. The van der Waals surface area contributed by atoms with Crippen molar-refractivity contribution in [3.05, 3.63) is 51.3 Å². The molecule has 2 aliphatic rings. The monoisotopic (exact) mass is 407 g/mol. The summed E-state index contributed by atoms with van der Waals surface area (Å²) in [4.78, 5) is 32.0. The van der Waals surface area contributed by atoms with Gasteiger partial charge < -0.3 is 24.4 Å². The van der Waals surface area contributed by atoms with Crippen LogP contribution in [-0.4, -0.2) is 39.8 Å². The number of carbonyl (C=O) groups is 1. The number of benzene rings is 1. The van der Waals surface area contributed by atoms with Crippen LogP contribution in [0.2, 0.25) is 0 Å². The van der Waals surface area contributed by atoms with Gasteiger partial charge in [0.1, 0.15) is 12.4 Å². The molecule has 0 amide bonds. The van der Waals surface area contributed by atoms with Crippen LogP contribution in [0.25, 0.3) is 22.3 Å². The number of aromatic hydroxyl groups is 1. The van der Waals surface area contributed by atoms with E-state index < -0.39 is 11.6 Å². The molecule has 1 aromatic carbocycles. The highest BCUT2D eigenvalue weighted by Crippen LogP contribution is 2.41. The van der Waals surface area contributed by atoms with Gasteiger partial charge in [0.05, 0.1) is 34.7 Å². The lowest BCUT2D eigenvalue weighted by molar-refractivity contribution is -0.172. The molecule has 30 heavy (non-hydrogen) atoms. The minimum Gasteiger partial charge on any atom is -0.506 e. The number of rotatable bonds is 2. The van der Waals surface area contributed by atoms with Crippen molar-refractivity contribution < 1.29 is 19.7 Å². The van der Waals surface area contributed by atoms with E-state index in [-0.39, 0.29) is 24.3 Å². The number of anilines is 1. The van der Waals surface area contributed by atoms with Crippen molar-refractivity contribution in [2.45, 2.75) is 32.1 Å². The van der Waals surface area contributed by atoms with Gasteiger partial charge in [-0.1, -0.05) is 6.92 Å². The quantitative estimate of drug-likeness (QED) is 0.489. The molecular formula is C22H21N3O5. The summed E-state index contributed by atoms with van der Waals surface area (Å²) in [6, 6.07) is 6.96. The van der Waals surface area contributed by atoms with Crippen LogP contribution in [0.1, 0.15) is 30.0 Å². The van der Waals surface area contributed by atoms with Gasteiger partial charge in [0.25, 0.3) is 5.56 Å². The number of hydrogen-bond donors (Lipinski definition) is 2. The highest BCUT2D eigenvalue weighted by atomic mass is 16.6. The van der Waals surface area contributed by atoms with Gasteiger partial charge in [-0.25, -0.2) is 9.78 Å². The normalized spacial score (nSPS) is 19.3. The molecule has 0 saturated heterocycles. The van der Waals surface area contributed by atoms with Crippen LogP contribution in [0.4, 0.5) is 5.69 Å². The summed E-state index contributed by atoms with van der Waals surface area (Å²) < 4.78 is 6.69. The van der Waals surface area contributed by atoms with Crippen LogP contribution < -0.4 is 10.5 Å². The van der Waals surface area contributed by atoms with Gasteiger partial charge in [-0.05, 0) is 30.7 Å². The van der Waals surface area contributed by atoms with E-state index in [0.29, 0.717) is 40.3 Å². The predicted molar refractivity (Wildman–Crippen MR) is 111 cm³/mol. The summed E-state index contributed by atoms with van der Waals surface area (Å²) in [6.07, 6.45) is 0.102. The van der Waals surface area contributed by atoms with E-state index in [1.807, 2.05) is 25.1 Å². The summed E-state index contributed by atoms with van der Waals surface area (Å²) >= 11 is 0. The Morgan fingerprint density at radius 2 is 2.03 bits per heavy atom. The summed E-state index contributed by atoms with van der Waals surface area (Å²) in [7, 11) is 3.69. The van der Waals surface area contributed by atoms with Gasteiger partial charge in [0.2, 0.25) is 0 Å². The Morgan fingerprint density at radius 3 is 2.73 bits per heavy atom. The molecule has 154 valence electrons. The number of cyclic esters (lactones) is 1. The van der Waals surface area contributed by atoms with Gasteiger partial charge in [0.15, 0.2) is 5.60 Å². The molecular weight excluding hydrogens is 386 g/mol. The van der Waals surface area contributed by atoms with E-state index in [2.05, 4.69) is 0 Å². The number of ether oxygens (including phenoxy) is 1. The second-order valence-corrected chi connectivity index (χ2v) is 7.99. The Morgan fingerprint density at radius 1 is 1.27 bits per heavy atom. The first-order chi connectivity index (χ1) is 14.3. The van der Waals surface area contributed by atoms with E-state index in [0.717, 1.165) is 10.9 Å². The lowest BCUT2D eigenvalue weighted by Gasteiger charge is -2.31. The van der Waals surface area contributed by atoms with E-state index in [9.17, 15) is 19.8 Å². The molecule has 0 bridgehead atoms. The molecule has 2 aliphatic heterocycles. The van der Waals surface area contributed by atoms with Crippen LogP contribution in [0.3, 0.4) is 0 Å². The highest BCUT2D eigenvalue weighted by Gasteiger charge is 2.45. The molecule has 4 heterocycles. The zero-order valence-electron chi connectivity index (χ0n) is 16.9. The number of phenols is 1. The van der Waals surface area contributed by atoms with Crippen LogP contribution in [0, 0.1) is 0 Å². The molecule has 2 aromatic heterocycles. The fourth-order valence-corrected chi connectivity index (χ4v) is 4.50. The van der Waals surface area contributed by atoms with Crippen molar-refractivity contribution in [2.75, 3.05) is 19.0 Å². The van der Waals surface area contributed by atoms with Gasteiger partial charge >= 0.3 is 5.97 Å². The van der Waals surface area contributed by atoms with Crippen LogP contribution in [0.5, 0.6) is 5.75 Å². The van der Waals surface area contributed by atoms with Gasteiger partial charge in [0, 0.05) is 30.6 Å². The number of nitrogens with zero attached hydrogens (tertiary/aromatic N) is 3. The largest absolute Gasteiger partial charge is 0.506 e. The zero-order chi connectivity index (χ0) is 21.4. The lowest BCUT2D eigenvalue weighted by atomic mass is 9.86. The molecule has 0 aliphatic carbocycles. The summed E-state index contributed by atoms with van der Waals surface area (Å²) in [5.74, 6) is -0.585. The molecule has 0 spiro atoms. The molecule has 0 saturated carbocycles. The summed E-state index contributed by atoms with van der Waals surface area (Å²) in [6.45, 7) is 1.84. The summed E-state index contributed by atoms with van der Waals surface area (Å²) in [5.41, 5.74) is 1.84. The first kappa shape index (κ1) is 18.6. The molecule has 8 nitrogen and oxygen atoms in total. The van der Waals surface area contributed by atoms with Gasteiger partial charge in [-0.3, -0.25) is 4.79 Å². The summed E-state index contributed by atoms with van der Waals surface area (Å²) in [5, 5.41) is 22.0. The smallest absolute Gasteiger partial charge is 0.343 e. The van der Waals surface area contributed by atoms with Crippen molar-refractivity contribution in [1.82, 2.24) is 9.55 Å². The number of fused-ring (bicyclic) bond motifs is 5. The predicted octanol–water partition coefficient (Wildman–Crippen LogP) is 1.85. The first-order valence-corrected chi connectivity index (χ1v) is 9.76. The number of aromatic nitrogens is 2. The Kier molecular flexibility index (Phi) is 3.76. The van der Waals surface area contributed by atoms with Crippen molar-refractivity contribution in [3.8, 4) is 17.1 Å². The number of hydrogen-bond acceptors (Lipinski definition) is 7. The topological polar surface area (TPSA) is 105 Å². The fourth-order valence-electron chi connectivity index (χ4n) is 4.50. The second kappa shape index (κ2) is 6.06. The number of esters is 1. The maximum absolute atomic E-state index is 13.2. The number of aliphatic hydroxyl groups is 1. The maximum atomic E-state index is 13.2. The van der Waals surface area contributed by atoms with Crippen molar-refractivity contribution in [2.24, 2.45) is 0 Å². The maximum Gasteiger partial charge on any atom is 0.343 e. The van der Waals surface area contributed by atoms with E-state index in [1.54, 1.807) is 29.7 Å². The van der Waals surface area contributed by atoms with Crippen LogP contribution >= 0.6 is 0 Å². The fraction of sp³-hybridized carbons (Fsp3) is 0.318. The van der Waals surface area contributed by atoms with E-state index >= 15 is 0 Å². The van der Waals surface area contributed by atoms with Crippen LogP contribution in [0.15, 0.2) is 29.1 Å². The Labute approximate surface area is 172 Å². The average Bonchev–Trinajstić information content (AvgIpc) is 3.07. The molecule has 1 atom stereocenters. The van der Waals surface area contributed by atoms with Crippen molar-refractivity contribution >= 4 is 22.6 Å². The minimum absolute atomic E-state index is 0.102. The third kappa shape index (κ3) is 2.28. The first-order valence-electron chi connectivity index (χ1n) is 9.76. The SMILES string of the molecule is CCC1(O)C(=O)OCc2c1cc1n(c2=O)Cc2cc3c(N(C)C)c(O)ccc3nc2-1. The van der Waals surface area contributed by atoms with Crippen LogP contribution in [-0.2, 0) is 28.3 Å². The highest BCUT2D eigenvalue weighted by molar-refractivity contribution is 5.97. The molecule has 0 radical (unpaired) electrons. The third-order valence-corrected chi connectivity index (χ3v) is 6.09. The molecule has 0 fully saturated rings. The second-order valence-electron chi connectivity index (χ2n) is 7.99.